The van der Waals surface area contributed by atoms with Gasteiger partial charge in [-0.15, -0.1) is 0 Å². The van der Waals surface area contributed by atoms with Crippen molar-refractivity contribution >= 4 is 5.97 Å². The third-order valence-corrected chi connectivity index (χ3v) is 4.58. The molecule has 2 rings (SSSR count). The Kier molecular flexibility index (Phi) is 5.80. The van der Waals surface area contributed by atoms with Gasteiger partial charge in [0.25, 0.3) is 0 Å². The Morgan fingerprint density at radius 3 is 2.48 bits per heavy atom. The van der Waals surface area contributed by atoms with E-state index in [4.69, 9.17) is 4.74 Å². The summed E-state index contributed by atoms with van der Waals surface area (Å²) in [6.07, 6.45) is 2.71. The van der Waals surface area contributed by atoms with Gasteiger partial charge in [0.05, 0.1) is 5.92 Å². The summed E-state index contributed by atoms with van der Waals surface area (Å²) >= 11 is 0. The van der Waals surface area contributed by atoms with Crippen LogP contribution in [0, 0.1) is 11.8 Å². The van der Waals surface area contributed by atoms with Crippen molar-refractivity contribution in [3.05, 3.63) is 35.9 Å². The maximum atomic E-state index is 12.5. The number of benzene rings is 1. The van der Waals surface area contributed by atoms with E-state index in [2.05, 4.69) is 37.9 Å². The minimum atomic E-state index is -0.122. The van der Waals surface area contributed by atoms with Crippen molar-refractivity contribution in [1.29, 1.82) is 0 Å². The van der Waals surface area contributed by atoms with Crippen LogP contribution in [0.1, 0.15) is 44.8 Å². The predicted octanol–water partition coefficient (Wildman–Crippen LogP) is 3.66. The summed E-state index contributed by atoms with van der Waals surface area (Å²) in [5.74, 6) is 0.385. The number of hydrogen-bond donors (Lipinski definition) is 0. The lowest BCUT2D eigenvalue weighted by Gasteiger charge is -2.30. The van der Waals surface area contributed by atoms with E-state index in [0.29, 0.717) is 5.92 Å². The second kappa shape index (κ2) is 7.60. The van der Waals surface area contributed by atoms with E-state index in [1.54, 1.807) is 0 Å². The Morgan fingerprint density at radius 1 is 1.29 bits per heavy atom. The van der Waals surface area contributed by atoms with Gasteiger partial charge in [-0.1, -0.05) is 44.2 Å². The van der Waals surface area contributed by atoms with Gasteiger partial charge < -0.3 is 9.64 Å². The molecular formula is C18H27NO2. The van der Waals surface area contributed by atoms with Crippen molar-refractivity contribution in [2.24, 2.45) is 11.8 Å². The SMILES string of the molecule is CCC(C)C(OC(=O)C1CCN(C)CC1)c1ccccc1. The van der Waals surface area contributed by atoms with E-state index >= 15 is 0 Å². The van der Waals surface area contributed by atoms with Crippen LogP contribution in [0.3, 0.4) is 0 Å². The summed E-state index contributed by atoms with van der Waals surface area (Å²) in [7, 11) is 2.10. The van der Waals surface area contributed by atoms with Gasteiger partial charge in [0, 0.05) is 0 Å². The Hall–Kier alpha value is -1.35. The number of likely N-dealkylation sites (tertiary alicyclic amines) is 1. The van der Waals surface area contributed by atoms with Crippen molar-refractivity contribution in [1.82, 2.24) is 4.90 Å². The van der Waals surface area contributed by atoms with Crippen LogP contribution in [0.15, 0.2) is 30.3 Å². The summed E-state index contributed by atoms with van der Waals surface area (Å²) in [6.45, 7) is 6.27. The zero-order chi connectivity index (χ0) is 15.2. The number of rotatable bonds is 5. The molecule has 0 amide bonds. The first-order valence-corrected chi connectivity index (χ1v) is 8.05. The van der Waals surface area contributed by atoms with Crippen LogP contribution in [0.2, 0.25) is 0 Å². The predicted molar refractivity (Wildman–Crippen MR) is 85.0 cm³/mol. The van der Waals surface area contributed by atoms with Crippen molar-refractivity contribution in [3.8, 4) is 0 Å². The molecule has 0 saturated carbocycles. The van der Waals surface area contributed by atoms with Gasteiger partial charge in [-0.25, -0.2) is 0 Å². The lowest BCUT2D eigenvalue weighted by molar-refractivity contribution is -0.158. The number of hydrogen-bond acceptors (Lipinski definition) is 3. The van der Waals surface area contributed by atoms with E-state index in [-0.39, 0.29) is 18.0 Å². The molecule has 0 radical (unpaired) electrons. The van der Waals surface area contributed by atoms with Crippen LogP contribution in [0.5, 0.6) is 0 Å². The highest BCUT2D eigenvalue weighted by molar-refractivity contribution is 5.73. The zero-order valence-corrected chi connectivity index (χ0v) is 13.4. The minimum Gasteiger partial charge on any atom is -0.457 e. The molecule has 1 aliphatic heterocycles. The topological polar surface area (TPSA) is 29.5 Å². The van der Waals surface area contributed by atoms with Crippen LogP contribution in [0.4, 0.5) is 0 Å². The van der Waals surface area contributed by atoms with Crippen molar-refractivity contribution in [3.63, 3.8) is 0 Å². The van der Waals surface area contributed by atoms with Gasteiger partial charge in [0.2, 0.25) is 0 Å². The molecule has 2 atom stereocenters. The molecule has 1 aliphatic rings. The molecule has 1 aromatic rings. The van der Waals surface area contributed by atoms with E-state index in [1.165, 1.54) is 0 Å². The fraction of sp³-hybridized carbons (Fsp3) is 0.611. The number of piperidine rings is 1. The van der Waals surface area contributed by atoms with E-state index < -0.39 is 0 Å². The molecule has 0 aliphatic carbocycles. The van der Waals surface area contributed by atoms with Crippen LogP contribution in [0.25, 0.3) is 0 Å². The molecule has 0 spiro atoms. The van der Waals surface area contributed by atoms with Crippen molar-refractivity contribution in [2.45, 2.75) is 39.2 Å². The second-order valence-electron chi connectivity index (χ2n) is 6.23. The quantitative estimate of drug-likeness (QED) is 0.775. The van der Waals surface area contributed by atoms with E-state index in [9.17, 15) is 4.79 Å². The smallest absolute Gasteiger partial charge is 0.309 e. The summed E-state index contributed by atoms with van der Waals surface area (Å²) in [6, 6.07) is 10.1. The highest BCUT2D eigenvalue weighted by Gasteiger charge is 2.29. The van der Waals surface area contributed by atoms with E-state index in [1.807, 2.05) is 18.2 Å². The summed E-state index contributed by atoms with van der Waals surface area (Å²) in [5.41, 5.74) is 1.10. The molecule has 3 nitrogen and oxygen atoms in total. The summed E-state index contributed by atoms with van der Waals surface area (Å²) in [5, 5.41) is 0. The number of esters is 1. The average Bonchev–Trinajstić information content (AvgIpc) is 2.53. The first kappa shape index (κ1) is 16.0. The lowest BCUT2D eigenvalue weighted by atomic mass is 9.93. The maximum absolute atomic E-state index is 12.5. The molecule has 0 N–H and O–H groups in total. The summed E-state index contributed by atoms with van der Waals surface area (Å²) in [4.78, 5) is 14.7. The van der Waals surface area contributed by atoms with Crippen LogP contribution in [-0.2, 0) is 9.53 Å². The first-order valence-electron chi connectivity index (χ1n) is 8.05. The molecule has 1 saturated heterocycles. The van der Waals surface area contributed by atoms with Gasteiger partial charge in [0.1, 0.15) is 6.10 Å². The summed E-state index contributed by atoms with van der Waals surface area (Å²) < 4.78 is 5.91. The highest BCUT2D eigenvalue weighted by Crippen LogP contribution is 2.30. The largest absolute Gasteiger partial charge is 0.457 e. The van der Waals surface area contributed by atoms with Gasteiger partial charge in [-0.2, -0.15) is 0 Å². The number of carbonyl (C=O) groups is 1. The number of nitrogens with zero attached hydrogens (tertiary/aromatic N) is 1. The van der Waals surface area contributed by atoms with Crippen LogP contribution >= 0.6 is 0 Å². The molecule has 3 heteroatoms. The Labute approximate surface area is 128 Å². The molecule has 2 unspecified atom stereocenters. The van der Waals surface area contributed by atoms with Gasteiger partial charge in [-0.3, -0.25) is 4.79 Å². The van der Waals surface area contributed by atoms with Crippen LogP contribution < -0.4 is 0 Å². The lowest BCUT2D eigenvalue weighted by Crippen LogP contribution is -2.35. The first-order chi connectivity index (χ1) is 10.1. The Morgan fingerprint density at radius 2 is 1.90 bits per heavy atom. The molecule has 1 fully saturated rings. The molecule has 0 aromatic heterocycles. The van der Waals surface area contributed by atoms with Gasteiger partial charge in [0.15, 0.2) is 0 Å². The number of carbonyl (C=O) groups excluding carboxylic acids is 1. The minimum absolute atomic E-state index is 0.0164. The molecule has 1 heterocycles. The van der Waals surface area contributed by atoms with Gasteiger partial charge in [-0.05, 0) is 50.9 Å². The third-order valence-electron chi connectivity index (χ3n) is 4.58. The monoisotopic (exact) mass is 289 g/mol. The van der Waals surface area contributed by atoms with Gasteiger partial charge >= 0.3 is 5.97 Å². The third kappa shape index (κ3) is 4.31. The Bertz CT molecular complexity index is 438. The number of ether oxygens (including phenoxy) is 1. The molecule has 0 bridgehead atoms. The van der Waals surface area contributed by atoms with Crippen molar-refractivity contribution < 1.29 is 9.53 Å². The van der Waals surface area contributed by atoms with Crippen molar-refractivity contribution in [2.75, 3.05) is 20.1 Å². The fourth-order valence-corrected chi connectivity index (χ4v) is 2.84. The Balaban J connectivity index is 2.03. The highest BCUT2D eigenvalue weighted by atomic mass is 16.5. The normalized spacial score (nSPS) is 20.0. The standard InChI is InChI=1S/C18H27NO2/c1-4-14(2)17(15-8-6-5-7-9-15)21-18(20)16-10-12-19(3)13-11-16/h5-9,14,16-17H,4,10-13H2,1-3H3. The zero-order valence-electron chi connectivity index (χ0n) is 13.4. The molecule has 116 valence electrons. The molecule has 1 aromatic carbocycles. The van der Waals surface area contributed by atoms with Crippen LogP contribution in [-0.4, -0.2) is 31.0 Å². The fourth-order valence-electron chi connectivity index (χ4n) is 2.84. The maximum Gasteiger partial charge on any atom is 0.309 e. The molecule has 21 heavy (non-hydrogen) atoms. The second-order valence-corrected chi connectivity index (χ2v) is 6.23. The van der Waals surface area contributed by atoms with E-state index in [0.717, 1.165) is 37.9 Å². The molecular weight excluding hydrogens is 262 g/mol. The average molecular weight is 289 g/mol.